The van der Waals surface area contributed by atoms with Crippen LogP contribution in [0.3, 0.4) is 0 Å². The van der Waals surface area contributed by atoms with Gasteiger partial charge in [-0.05, 0) is 31.2 Å². The van der Waals surface area contributed by atoms with Gasteiger partial charge in [0.2, 0.25) is 0 Å². The lowest BCUT2D eigenvalue weighted by Crippen LogP contribution is -2.48. The number of aldehydes is 1. The van der Waals surface area contributed by atoms with Crippen LogP contribution in [0, 0.1) is 12.7 Å². The Balaban J connectivity index is 1.67. The highest BCUT2D eigenvalue weighted by atomic mass is 35.5. The van der Waals surface area contributed by atoms with Crippen LogP contribution in [0.25, 0.3) is 0 Å². The summed E-state index contributed by atoms with van der Waals surface area (Å²) in [7, 11) is 0. The van der Waals surface area contributed by atoms with Crippen molar-refractivity contribution in [2.45, 2.75) is 19.1 Å². The molecule has 0 aliphatic carbocycles. The number of carbonyl (C=O) groups is 1. The molecule has 0 N–H and O–H groups in total. The SMILES string of the molecule is Cc1c(Cl)c(C(F)(F)F)nn1C(C=O)CN1CCN(c2ccc(F)cc2)CC1. The molecule has 0 bridgehead atoms. The Bertz CT molecular complexity index is 829. The molecule has 3 rings (SSSR count). The summed E-state index contributed by atoms with van der Waals surface area (Å²) < 4.78 is 53.1. The first-order chi connectivity index (χ1) is 13.2. The van der Waals surface area contributed by atoms with Crippen LogP contribution in [0.1, 0.15) is 17.4 Å². The normalized spacial score (nSPS) is 17.0. The zero-order chi connectivity index (χ0) is 20.5. The molecule has 1 aliphatic rings. The summed E-state index contributed by atoms with van der Waals surface area (Å²) in [5.74, 6) is -0.303. The lowest BCUT2D eigenvalue weighted by atomic mass is 10.2. The number of carbonyl (C=O) groups excluding carboxylic acids is 1. The molecule has 1 aromatic heterocycles. The molecule has 10 heteroatoms. The number of piperazine rings is 1. The summed E-state index contributed by atoms with van der Waals surface area (Å²) in [5.41, 5.74) is -0.173. The Morgan fingerprint density at radius 1 is 1.18 bits per heavy atom. The molecule has 2 aromatic rings. The predicted molar refractivity (Wildman–Crippen MR) is 97.1 cm³/mol. The van der Waals surface area contributed by atoms with Crippen LogP contribution in [0.2, 0.25) is 5.02 Å². The van der Waals surface area contributed by atoms with E-state index < -0.39 is 22.9 Å². The van der Waals surface area contributed by atoms with Crippen molar-refractivity contribution in [3.63, 3.8) is 0 Å². The van der Waals surface area contributed by atoms with Crippen molar-refractivity contribution in [3.8, 4) is 0 Å². The molecule has 152 valence electrons. The van der Waals surface area contributed by atoms with Crippen LogP contribution in [0.4, 0.5) is 23.2 Å². The minimum atomic E-state index is -4.68. The Hall–Kier alpha value is -2.13. The summed E-state index contributed by atoms with van der Waals surface area (Å²) in [5, 5.41) is 3.06. The molecular formula is C18H19ClF4N4O. The van der Waals surface area contributed by atoms with E-state index in [1.807, 2.05) is 4.90 Å². The van der Waals surface area contributed by atoms with Crippen LogP contribution in [-0.4, -0.2) is 53.7 Å². The van der Waals surface area contributed by atoms with Crippen molar-refractivity contribution in [2.24, 2.45) is 0 Å². The zero-order valence-corrected chi connectivity index (χ0v) is 15.8. The fourth-order valence-corrected chi connectivity index (χ4v) is 3.52. The third-order valence-electron chi connectivity index (χ3n) is 4.83. The van der Waals surface area contributed by atoms with E-state index in [-0.39, 0.29) is 18.1 Å². The van der Waals surface area contributed by atoms with Crippen molar-refractivity contribution in [1.82, 2.24) is 14.7 Å². The van der Waals surface area contributed by atoms with Gasteiger partial charge in [0.25, 0.3) is 0 Å². The molecule has 1 aliphatic heterocycles. The number of aromatic nitrogens is 2. The second-order valence-corrected chi connectivity index (χ2v) is 7.04. The molecule has 0 amide bonds. The van der Waals surface area contributed by atoms with Gasteiger partial charge in [-0.3, -0.25) is 9.58 Å². The van der Waals surface area contributed by atoms with Gasteiger partial charge in [0.05, 0.1) is 10.7 Å². The number of halogens is 5. The van der Waals surface area contributed by atoms with Crippen molar-refractivity contribution < 1.29 is 22.4 Å². The molecule has 2 heterocycles. The fraction of sp³-hybridized carbons (Fsp3) is 0.444. The standard InChI is InChI=1S/C18H19ClF4N4O/c1-12-16(19)17(18(21,22)23)24-27(12)15(11-28)10-25-6-8-26(9-7-25)14-4-2-13(20)3-5-14/h2-5,11,15H,6-10H2,1H3. The topological polar surface area (TPSA) is 41.4 Å². The maximum Gasteiger partial charge on any atom is 0.436 e. The van der Waals surface area contributed by atoms with E-state index >= 15 is 0 Å². The maximum atomic E-state index is 13.0. The summed E-state index contributed by atoms with van der Waals surface area (Å²) in [4.78, 5) is 15.6. The van der Waals surface area contributed by atoms with Crippen molar-refractivity contribution in [3.05, 3.63) is 46.5 Å². The first-order valence-electron chi connectivity index (χ1n) is 8.70. The highest BCUT2D eigenvalue weighted by Crippen LogP contribution is 2.36. The molecule has 28 heavy (non-hydrogen) atoms. The molecule has 1 aromatic carbocycles. The van der Waals surface area contributed by atoms with Gasteiger partial charge in [-0.25, -0.2) is 4.39 Å². The highest BCUT2D eigenvalue weighted by molar-refractivity contribution is 6.32. The van der Waals surface area contributed by atoms with Gasteiger partial charge in [0, 0.05) is 38.4 Å². The largest absolute Gasteiger partial charge is 0.436 e. The van der Waals surface area contributed by atoms with Gasteiger partial charge in [0.1, 0.15) is 18.1 Å². The number of nitrogens with zero attached hydrogens (tertiary/aromatic N) is 4. The number of benzene rings is 1. The van der Waals surface area contributed by atoms with Crippen molar-refractivity contribution in [1.29, 1.82) is 0 Å². The monoisotopic (exact) mass is 418 g/mol. The molecule has 1 fully saturated rings. The van der Waals surface area contributed by atoms with Gasteiger partial charge >= 0.3 is 6.18 Å². The third kappa shape index (κ3) is 4.30. The fourth-order valence-electron chi connectivity index (χ4n) is 3.29. The molecule has 0 radical (unpaired) electrons. The molecular weight excluding hydrogens is 400 g/mol. The molecule has 1 unspecified atom stereocenters. The molecule has 1 saturated heterocycles. The van der Waals surface area contributed by atoms with Gasteiger partial charge in [-0.2, -0.15) is 18.3 Å². The van der Waals surface area contributed by atoms with Gasteiger partial charge in [-0.1, -0.05) is 11.6 Å². The van der Waals surface area contributed by atoms with E-state index in [1.54, 1.807) is 12.1 Å². The Morgan fingerprint density at radius 3 is 2.29 bits per heavy atom. The zero-order valence-electron chi connectivity index (χ0n) is 15.1. The van der Waals surface area contributed by atoms with Crippen LogP contribution in [0.15, 0.2) is 24.3 Å². The van der Waals surface area contributed by atoms with E-state index in [2.05, 4.69) is 10.00 Å². The van der Waals surface area contributed by atoms with Crippen LogP contribution in [-0.2, 0) is 11.0 Å². The van der Waals surface area contributed by atoms with Crippen LogP contribution in [0.5, 0.6) is 0 Å². The number of hydrogen-bond acceptors (Lipinski definition) is 4. The highest BCUT2D eigenvalue weighted by Gasteiger charge is 2.39. The Labute approximate surface area is 164 Å². The maximum absolute atomic E-state index is 13.0. The minimum absolute atomic E-state index is 0.107. The van der Waals surface area contributed by atoms with E-state index in [0.717, 1.165) is 10.4 Å². The Kier molecular flexibility index (Phi) is 5.95. The predicted octanol–water partition coefficient (Wildman–Crippen LogP) is 3.57. The first-order valence-corrected chi connectivity index (χ1v) is 9.08. The molecule has 5 nitrogen and oxygen atoms in total. The van der Waals surface area contributed by atoms with E-state index in [4.69, 9.17) is 11.6 Å². The quantitative estimate of drug-likeness (QED) is 0.550. The number of hydrogen-bond donors (Lipinski definition) is 0. The minimum Gasteiger partial charge on any atom is -0.369 e. The second-order valence-electron chi connectivity index (χ2n) is 6.66. The van der Waals surface area contributed by atoms with Gasteiger partial charge in [0.15, 0.2) is 5.69 Å². The van der Waals surface area contributed by atoms with Crippen LogP contribution >= 0.6 is 11.6 Å². The molecule has 0 spiro atoms. The smallest absolute Gasteiger partial charge is 0.369 e. The van der Waals surface area contributed by atoms with Gasteiger partial charge in [-0.15, -0.1) is 0 Å². The summed E-state index contributed by atoms with van der Waals surface area (Å²) in [6, 6.07) is 5.32. The third-order valence-corrected chi connectivity index (χ3v) is 5.28. The van der Waals surface area contributed by atoms with E-state index in [9.17, 15) is 22.4 Å². The number of alkyl halides is 3. The average molecular weight is 419 g/mol. The van der Waals surface area contributed by atoms with E-state index in [1.165, 1.54) is 19.1 Å². The summed E-state index contributed by atoms with van der Waals surface area (Å²) in [6.45, 7) is 4.18. The summed E-state index contributed by atoms with van der Waals surface area (Å²) in [6.07, 6.45) is -4.09. The van der Waals surface area contributed by atoms with E-state index in [0.29, 0.717) is 32.5 Å². The second kappa shape index (κ2) is 8.08. The average Bonchev–Trinajstić information content (AvgIpc) is 2.96. The molecule has 1 atom stereocenters. The number of anilines is 1. The van der Waals surface area contributed by atoms with Gasteiger partial charge < -0.3 is 9.69 Å². The lowest BCUT2D eigenvalue weighted by Gasteiger charge is -2.37. The van der Waals surface area contributed by atoms with Crippen molar-refractivity contribution in [2.75, 3.05) is 37.6 Å². The lowest BCUT2D eigenvalue weighted by molar-refractivity contribution is -0.141. The first kappa shape index (κ1) is 20.6. The van der Waals surface area contributed by atoms with Crippen molar-refractivity contribution >= 4 is 23.6 Å². The summed E-state index contributed by atoms with van der Waals surface area (Å²) >= 11 is 5.77. The number of rotatable bonds is 5. The Morgan fingerprint density at radius 2 is 1.79 bits per heavy atom. The molecule has 0 saturated carbocycles. The van der Waals surface area contributed by atoms with Crippen LogP contribution < -0.4 is 4.90 Å².